The molecule has 0 fully saturated rings. The van der Waals surface area contributed by atoms with E-state index >= 15 is 0 Å². The summed E-state index contributed by atoms with van der Waals surface area (Å²) in [4.78, 5) is 4.10. The van der Waals surface area contributed by atoms with Crippen molar-refractivity contribution >= 4 is 10.1 Å². The van der Waals surface area contributed by atoms with Gasteiger partial charge in [-0.3, -0.25) is 9.17 Å². The zero-order valence-electron chi connectivity index (χ0n) is 8.17. The molecule has 0 saturated carbocycles. The van der Waals surface area contributed by atoms with Gasteiger partial charge in [0.05, 0.1) is 12.9 Å². The molecule has 1 aromatic heterocycles. The maximum Gasteiger partial charge on any atom is 0.264 e. The minimum Gasteiger partial charge on any atom is -0.270 e. The van der Waals surface area contributed by atoms with Crippen LogP contribution in [0, 0.1) is 0 Å². The number of pyridine rings is 1. The van der Waals surface area contributed by atoms with Gasteiger partial charge in [-0.2, -0.15) is 8.42 Å². The minimum absolute atomic E-state index is 0.0223. The first kappa shape index (κ1) is 11.1. The van der Waals surface area contributed by atoms with Gasteiger partial charge in [-0.25, -0.2) is 0 Å². The smallest absolute Gasteiger partial charge is 0.264 e. The van der Waals surface area contributed by atoms with Crippen LogP contribution in [-0.2, 0) is 14.3 Å². The van der Waals surface area contributed by atoms with Gasteiger partial charge in [-0.15, -0.1) is 0 Å². The molecule has 0 bridgehead atoms. The Bertz CT molecular complexity index is 374. The van der Waals surface area contributed by atoms with E-state index in [1.54, 1.807) is 6.20 Å². The molecule has 1 atom stereocenters. The lowest BCUT2D eigenvalue weighted by Gasteiger charge is -2.09. The van der Waals surface area contributed by atoms with E-state index < -0.39 is 10.1 Å². The average Bonchev–Trinajstić information content (AvgIpc) is 2.14. The van der Waals surface area contributed by atoms with Crippen molar-refractivity contribution < 1.29 is 12.6 Å². The highest BCUT2D eigenvalue weighted by molar-refractivity contribution is 7.85. The van der Waals surface area contributed by atoms with Crippen LogP contribution in [0.4, 0.5) is 0 Å². The second kappa shape index (κ2) is 4.52. The van der Waals surface area contributed by atoms with Crippen molar-refractivity contribution in [1.29, 1.82) is 0 Å². The van der Waals surface area contributed by atoms with Crippen LogP contribution in [0.2, 0.25) is 0 Å². The summed E-state index contributed by atoms with van der Waals surface area (Å²) in [6, 6.07) is 5.52. The van der Waals surface area contributed by atoms with Crippen molar-refractivity contribution in [1.82, 2.24) is 4.98 Å². The SMILES string of the molecule is C[C@H](COS(C)(=O)=O)c1ccccn1. The van der Waals surface area contributed by atoms with E-state index in [0.29, 0.717) is 0 Å². The second-order valence-corrected chi connectivity index (χ2v) is 4.79. The molecule has 0 radical (unpaired) electrons. The van der Waals surface area contributed by atoms with Crippen molar-refractivity contribution in [3.8, 4) is 0 Å². The molecule has 0 N–H and O–H groups in total. The van der Waals surface area contributed by atoms with E-state index in [1.165, 1.54) is 0 Å². The van der Waals surface area contributed by atoms with Gasteiger partial charge in [0, 0.05) is 17.8 Å². The van der Waals surface area contributed by atoms with Gasteiger partial charge < -0.3 is 0 Å². The fourth-order valence-corrected chi connectivity index (χ4v) is 1.43. The summed E-state index contributed by atoms with van der Waals surface area (Å²) in [6.07, 6.45) is 2.71. The molecule has 1 rings (SSSR count). The van der Waals surface area contributed by atoms with Crippen LogP contribution < -0.4 is 0 Å². The fraction of sp³-hybridized carbons (Fsp3) is 0.444. The molecular weight excluding hydrogens is 202 g/mol. The summed E-state index contributed by atoms with van der Waals surface area (Å²) < 4.78 is 26.1. The Morgan fingerprint density at radius 2 is 2.21 bits per heavy atom. The first-order valence-corrected chi connectivity index (χ1v) is 6.06. The van der Waals surface area contributed by atoms with E-state index in [1.807, 2.05) is 25.1 Å². The molecule has 1 aromatic rings. The molecule has 4 nitrogen and oxygen atoms in total. The summed E-state index contributed by atoms with van der Waals surface area (Å²) in [5.41, 5.74) is 0.830. The third-order valence-corrected chi connectivity index (χ3v) is 2.29. The Morgan fingerprint density at radius 3 is 2.71 bits per heavy atom. The predicted molar refractivity (Wildman–Crippen MR) is 53.4 cm³/mol. The quantitative estimate of drug-likeness (QED) is 0.707. The van der Waals surface area contributed by atoms with Crippen LogP contribution in [0.25, 0.3) is 0 Å². The van der Waals surface area contributed by atoms with Crippen molar-refractivity contribution in [3.05, 3.63) is 30.1 Å². The molecular formula is C9H13NO3S. The number of hydrogen-bond acceptors (Lipinski definition) is 4. The summed E-state index contributed by atoms with van der Waals surface area (Å²) in [6.45, 7) is 2.00. The zero-order valence-corrected chi connectivity index (χ0v) is 8.99. The maximum absolute atomic E-state index is 10.7. The molecule has 0 saturated heterocycles. The molecule has 0 spiro atoms. The van der Waals surface area contributed by atoms with Gasteiger partial charge in [0.1, 0.15) is 0 Å². The topological polar surface area (TPSA) is 56.3 Å². The van der Waals surface area contributed by atoms with Gasteiger partial charge in [0.2, 0.25) is 0 Å². The summed E-state index contributed by atoms with van der Waals surface area (Å²) >= 11 is 0. The van der Waals surface area contributed by atoms with Crippen LogP contribution in [0.5, 0.6) is 0 Å². The van der Waals surface area contributed by atoms with Crippen LogP contribution in [0.3, 0.4) is 0 Å². The van der Waals surface area contributed by atoms with Crippen LogP contribution in [0.15, 0.2) is 24.4 Å². The van der Waals surface area contributed by atoms with E-state index in [0.717, 1.165) is 11.9 Å². The molecule has 1 heterocycles. The molecule has 5 heteroatoms. The monoisotopic (exact) mass is 215 g/mol. The highest BCUT2D eigenvalue weighted by Crippen LogP contribution is 2.12. The van der Waals surface area contributed by atoms with Gasteiger partial charge in [-0.05, 0) is 12.1 Å². The minimum atomic E-state index is -3.35. The molecule has 14 heavy (non-hydrogen) atoms. The number of hydrogen-bond donors (Lipinski definition) is 0. The van der Waals surface area contributed by atoms with Crippen LogP contribution in [-0.4, -0.2) is 26.3 Å². The van der Waals surface area contributed by atoms with E-state index in [9.17, 15) is 8.42 Å². The largest absolute Gasteiger partial charge is 0.270 e. The first-order valence-electron chi connectivity index (χ1n) is 4.24. The van der Waals surface area contributed by atoms with Crippen molar-refractivity contribution in [2.24, 2.45) is 0 Å². The fourth-order valence-electron chi connectivity index (χ4n) is 0.979. The number of rotatable bonds is 4. The Kier molecular flexibility index (Phi) is 3.60. The van der Waals surface area contributed by atoms with Crippen molar-refractivity contribution in [3.63, 3.8) is 0 Å². The lowest BCUT2D eigenvalue weighted by Crippen LogP contribution is -2.10. The Morgan fingerprint density at radius 1 is 1.50 bits per heavy atom. The highest BCUT2D eigenvalue weighted by Gasteiger charge is 2.10. The van der Waals surface area contributed by atoms with Gasteiger partial charge in [-0.1, -0.05) is 13.0 Å². The molecule has 0 aliphatic rings. The lowest BCUT2D eigenvalue weighted by molar-refractivity contribution is 0.299. The van der Waals surface area contributed by atoms with Crippen molar-refractivity contribution in [2.75, 3.05) is 12.9 Å². The number of nitrogens with zero attached hydrogens (tertiary/aromatic N) is 1. The molecule has 0 unspecified atom stereocenters. The third kappa shape index (κ3) is 3.85. The average molecular weight is 215 g/mol. The third-order valence-electron chi connectivity index (χ3n) is 1.72. The molecule has 0 aliphatic carbocycles. The Hall–Kier alpha value is -0.940. The number of aromatic nitrogens is 1. The normalized spacial score (nSPS) is 13.9. The standard InChI is InChI=1S/C9H13NO3S/c1-8(7-13-14(2,11)12)9-5-3-4-6-10-9/h3-6,8H,7H2,1-2H3/t8-/m1/s1. The molecule has 0 aliphatic heterocycles. The van der Waals surface area contributed by atoms with Crippen LogP contribution in [0.1, 0.15) is 18.5 Å². The van der Waals surface area contributed by atoms with Crippen molar-refractivity contribution in [2.45, 2.75) is 12.8 Å². The van der Waals surface area contributed by atoms with Gasteiger partial charge in [0.15, 0.2) is 0 Å². The molecule has 78 valence electrons. The summed E-state index contributed by atoms with van der Waals surface area (Å²) in [7, 11) is -3.35. The molecule has 0 amide bonds. The highest BCUT2D eigenvalue weighted by atomic mass is 32.2. The predicted octanol–water partition coefficient (Wildman–Crippen LogP) is 1.16. The first-order chi connectivity index (χ1) is 6.49. The van der Waals surface area contributed by atoms with E-state index in [2.05, 4.69) is 9.17 Å². The summed E-state index contributed by atoms with van der Waals surface area (Å²) in [5.74, 6) is -0.0223. The van der Waals surface area contributed by atoms with Gasteiger partial charge >= 0.3 is 0 Å². The van der Waals surface area contributed by atoms with Crippen LogP contribution >= 0.6 is 0 Å². The maximum atomic E-state index is 10.7. The van der Waals surface area contributed by atoms with Gasteiger partial charge in [0.25, 0.3) is 10.1 Å². The molecule has 0 aromatic carbocycles. The Balaban J connectivity index is 2.56. The summed E-state index contributed by atoms with van der Waals surface area (Å²) in [5, 5.41) is 0. The van der Waals surface area contributed by atoms with E-state index in [4.69, 9.17) is 0 Å². The lowest BCUT2D eigenvalue weighted by atomic mass is 10.1. The van der Waals surface area contributed by atoms with E-state index in [-0.39, 0.29) is 12.5 Å². The zero-order chi connectivity index (χ0) is 10.6. The Labute approximate surface area is 84.1 Å². The second-order valence-electron chi connectivity index (χ2n) is 3.14.